The minimum Gasteiger partial charge on any atom is -0.347 e. The summed E-state index contributed by atoms with van der Waals surface area (Å²) < 4.78 is 2.26. The van der Waals surface area contributed by atoms with Crippen molar-refractivity contribution in [3.8, 4) is 0 Å². The van der Waals surface area contributed by atoms with Gasteiger partial charge in [0.1, 0.15) is 0 Å². The van der Waals surface area contributed by atoms with Gasteiger partial charge in [-0.1, -0.05) is 6.92 Å². The Kier molecular flexibility index (Phi) is 6.08. The highest BCUT2D eigenvalue weighted by Gasteiger charge is 2.24. The van der Waals surface area contributed by atoms with Crippen molar-refractivity contribution in [3.63, 3.8) is 0 Å². The zero-order valence-corrected chi connectivity index (χ0v) is 14.7. The standard InChI is InChI=1S/C18H25N3O.ClH/c1-3-9-21-10-7-14-12-16(4-5-17(14)21)20-18(22)15-6-8-19-13(2)11-15;/h4-5,7,10,12-13,15,19H,3,6,8-9,11H2,1-2H3,(H,20,22);1H/t13-,15-;/m0./s1. The number of anilines is 1. The molecule has 2 heterocycles. The summed E-state index contributed by atoms with van der Waals surface area (Å²) in [6.45, 7) is 6.28. The number of carbonyl (C=O) groups excluding carboxylic acids is 1. The maximum atomic E-state index is 12.4. The molecule has 1 aliphatic rings. The largest absolute Gasteiger partial charge is 0.347 e. The van der Waals surface area contributed by atoms with Crippen LogP contribution >= 0.6 is 12.4 Å². The van der Waals surface area contributed by atoms with Gasteiger partial charge in [-0.05, 0) is 57.0 Å². The van der Waals surface area contributed by atoms with E-state index in [1.54, 1.807) is 0 Å². The van der Waals surface area contributed by atoms with Gasteiger partial charge in [0.25, 0.3) is 0 Å². The molecular formula is C18H26ClN3O. The number of benzene rings is 1. The summed E-state index contributed by atoms with van der Waals surface area (Å²) in [7, 11) is 0. The number of halogens is 1. The first-order valence-corrected chi connectivity index (χ1v) is 8.30. The van der Waals surface area contributed by atoms with Crippen molar-refractivity contribution in [2.24, 2.45) is 5.92 Å². The molecule has 1 aliphatic heterocycles. The minimum atomic E-state index is 0. The number of nitrogens with one attached hydrogen (secondary N) is 2. The zero-order chi connectivity index (χ0) is 15.5. The van der Waals surface area contributed by atoms with E-state index in [4.69, 9.17) is 0 Å². The molecule has 2 N–H and O–H groups in total. The average molecular weight is 336 g/mol. The fourth-order valence-corrected chi connectivity index (χ4v) is 3.33. The molecule has 1 amide bonds. The molecule has 23 heavy (non-hydrogen) atoms. The lowest BCUT2D eigenvalue weighted by Gasteiger charge is -2.27. The van der Waals surface area contributed by atoms with E-state index in [-0.39, 0.29) is 24.2 Å². The summed E-state index contributed by atoms with van der Waals surface area (Å²) in [4.78, 5) is 12.4. The fourth-order valence-electron chi connectivity index (χ4n) is 3.33. The first-order valence-electron chi connectivity index (χ1n) is 8.30. The van der Waals surface area contributed by atoms with Gasteiger partial charge < -0.3 is 15.2 Å². The molecule has 3 rings (SSSR count). The number of rotatable bonds is 4. The van der Waals surface area contributed by atoms with Crippen molar-refractivity contribution in [1.82, 2.24) is 9.88 Å². The highest BCUT2D eigenvalue weighted by molar-refractivity contribution is 5.95. The molecule has 4 nitrogen and oxygen atoms in total. The minimum absolute atomic E-state index is 0. The Hall–Kier alpha value is -1.52. The Balaban J connectivity index is 0.00000192. The molecule has 126 valence electrons. The molecule has 0 aliphatic carbocycles. The number of fused-ring (bicyclic) bond motifs is 1. The van der Waals surface area contributed by atoms with Crippen molar-refractivity contribution in [3.05, 3.63) is 30.5 Å². The van der Waals surface area contributed by atoms with E-state index in [9.17, 15) is 4.79 Å². The van der Waals surface area contributed by atoms with Crippen molar-refractivity contribution in [2.45, 2.75) is 45.7 Å². The maximum absolute atomic E-state index is 12.4. The van der Waals surface area contributed by atoms with Gasteiger partial charge in [0, 0.05) is 41.3 Å². The summed E-state index contributed by atoms with van der Waals surface area (Å²) in [5.41, 5.74) is 2.13. The van der Waals surface area contributed by atoms with Crippen LogP contribution in [0.4, 0.5) is 5.69 Å². The summed E-state index contributed by atoms with van der Waals surface area (Å²) in [5, 5.41) is 7.66. The second kappa shape index (κ2) is 7.84. The molecule has 1 saturated heterocycles. The van der Waals surface area contributed by atoms with Gasteiger partial charge in [-0.25, -0.2) is 0 Å². The van der Waals surface area contributed by atoms with E-state index < -0.39 is 0 Å². The Bertz CT molecular complexity index is 667. The van der Waals surface area contributed by atoms with Gasteiger partial charge in [0.15, 0.2) is 0 Å². The van der Waals surface area contributed by atoms with E-state index in [0.29, 0.717) is 6.04 Å². The van der Waals surface area contributed by atoms with Gasteiger partial charge in [-0.3, -0.25) is 4.79 Å². The molecule has 1 aromatic heterocycles. The Morgan fingerprint density at radius 3 is 2.96 bits per heavy atom. The van der Waals surface area contributed by atoms with Crippen molar-refractivity contribution < 1.29 is 4.79 Å². The van der Waals surface area contributed by atoms with Crippen LogP contribution in [0.25, 0.3) is 10.9 Å². The molecule has 1 aromatic carbocycles. The van der Waals surface area contributed by atoms with E-state index in [1.807, 2.05) is 6.07 Å². The number of aryl methyl sites for hydroxylation is 1. The molecule has 0 radical (unpaired) electrons. The topological polar surface area (TPSA) is 46.1 Å². The second-order valence-corrected chi connectivity index (χ2v) is 6.35. The number of carbonyl (C=O) groups is 1. The van der Waals surface area contributed by atoms with E-state index >= 15 is 0 Å². The molecule has 0 bridgehead atoms. The Morgan fingerprint density at radius 1 is 1.39 bits per heavy atom. The van der Waals surface area contributed by atoms with Crippen LogP contribution in [0.15, 0.2) is 30.5 Å². The highest BCUT2D eigenvalue weighted by atomic mass is 35.5. The predicted octanol–water partition coefficient (Wildman–Crippen LogP) is 3.80. The smallest absolute Gasteiger partial charge is 0.227 e. The molecular weight excluding hydrogens is 310 g/mol. The number of amides is 1. The average Bonchev–Trinajstić information content (AvgIpc) is 2.90. The first kappa shape index (κ1) is 17.8. The number of nitrogens with zero attached hydrogens (tertiary/aromatic N) is 1. The normalized spacial score (nSPS) is 21.0. The lowest BCUT2D eigenvalue weighted by molar-refractivity contribution is -0.120. The lowest BCUT2D eigenvalue weighted by atomic mass is 9.92. The molecule has 1 fully saturated rings. The first-order chi connectivity index (χ1) is 10.7. The van der Waals surface area contributed by atoms with Crippen LogP contribution in [0.5, 0.6) is 0 Å². The molecule has 0 saturated carbocycles. The Morgan fingerprint density at radius 2 is 2.22 bits per heavy atom. The lowest BCUT2D eigenvalue weighted by Crippen LogP contribution is -2.40. The third kappa shape index (κ3) is 4.06. The third-order valence-corrected chi connectivity index (χ3v) is 4.50. The summed E-state index contributed by atoms with van der Waals surface area (Å²) in [6, 6.07) is 8.73. The van der Waals surface area contributed by atoms with Crippen molar-refractivity contribution >= 4 is 34.9 Å². The van der Waals surface area contributed by atoms with Crippen LogP contribution in [0.1, 0.15) is 33.1 Å². The van der Waals surface area contributed by atoms with Gasteiger partial charge >= 0.3 is 0 Å². The third-order valence-electron chi connectivity index (χ3n) is 4.50. The SMILES string of the molecule is CCCn1ccc2cc(NC(=O)[C@H]3CCN[C@@H](C)C3)ccc21.Cl. The van der Waals surface area contributed by atoms with Crippen LogP contribution in [0.3, 0.4) is 0 Å². The van der Waals surface area contributed by atoms with Crippen LogP contribution in [-0.2, 0) is 11.3 Å². The summed E-state index contributed by atoms with van der Waals surface area (Å²) in [6.07, 6.45) is 5.08. The Labute approximate surface area is 144 Å². The molecule has 0 unspecified atom stereocenters. The van der Waals surface area contributed by atoms with Gasteiger partial charge in [-0.15, -0.1) is 12.4 Å². The molecule has 5 heteroatoms. The van der Waals surface area contributed by atoms with E-state index in [2.05, 4.69) is 53.4 Å². The quantitative estimate of drug-likeness (QED) is 0.892. The number of aromatic nitrogens is 1. The second-order valence-electron chi connectivity index (χ2n) is 6.35. The number of hydrogen-bond acceptors (Lipinski definition) is 2. The van der Waals surface area contributed by atoms with Crippen LogP contribution < -0.4 is 10.6 Å². The molecule has 2 atom stereocenters. The molecule has 2 aromatic rings. The fraction of sp³-hybridized carbons (Fsp3) is 0.500. The van der Waals surface area contributed by atoms with Crippen molar-refractivity contribution in [2.75, 3.05) is 11.9 Å². The van der Waals surface area contributed by atoms with Crippen molar-refractivity contribution in [1.29, 1.82) is 0 Å². The van der Waals surface area contributed by atoms with Gasteiger partial charge in [-0.2, -0.15) is 0 Å². The number of hydrogen-bond donors (Lipinski definition) is 2. The van der Waals surface area contributed by atoms with Crippen LogP contribution in [0.2, 0.25) is 0 Å². The van der Waals surface area contributed by atoms with Gasteiger partial charge in [0.2, 0.25) is 5.91 Å². The van der Waals surface area contributed by atoms with Crippen LogP contribution in [-0.4, -0.2) is 23.1 Å². The predicted molar refractivity (Wildman–Crippen MR) is 98.3 cm³/mol. The summed E-state index contributed by atoms with van der Waals surface area (Å²) >= 11 is 0. The maximum Gasteiger partial charge on any atom is 0.227 e. The zero-order valence-electron chi connectivity index (χ0n) is 13.8. The number of piperidine rings is 1. The van der Waals surface area contributed by atoms with Crippen LogP contribution in [0, 0.1) is 5.92 Å². The molecule has 0 spiro atoms. The van der Waals surface area contributed by atoms with Gasteiger partial charge in [0.05, 0.1) is 0 Å². The monoisotopic (exact) mass is 335 g/mol. The van der Waals surface area contributed by atoms with E-state index in [1.165, 1.54) is 10.9 Å². The highest BCUT2D eigenvalue weighted by Crippen LogP contribution is 2.23. The van der Waals surface area contributed by atoms with E-state index in [0.717, 1.165) is 38.0 Å². The summed E-state index contributed by atoms with van der Waals surface area (Å²) in [5.74, 6) is 0.275.